The molecule has 1 heterocycles. The maximum absolute atomic E-state index is 11.7. The Balaban J connectivity index is 1.53. The fourth-order valence-electron chi connectivity index (χ4n) is 2.37. The first kappa shape index (κ1) is 18.7. The normalized spacial score (nSPS) is 14.9. The molecule has 7 nitrogen and oxygen atoms in total. The zero-order valence-electron chi connectivity index (χ0n) is 13.6. The van der Waals surface area contributed by atoms with Gasteiger partial charge in [0.05, 0.1) is 0 Å². The van der Waals surface area contributed by atoms with Crippen molar-refractivity contribution >= 4 is 33.6 Å². The van der Waals surface area contributed by atoms with E-state index in [0.717, 1.165) is 37.2 Å². The molecule has 0 radical (unpaired) electrons. The third-order valence-electron chi connectivity index (χ3n) is 3.70. The molecule has 1 fully saturated rings. The second-order valence-corrected chi connectivity index (χ2v) is 6.50. The van der Waals surface area contributed by atoms with Crippen LogP contribution < -0.4 is 21.3 Å². The summed E-state index contributed by atoms with van der Waals surface area (Å²) >= 11 is 3.34. The van der Waals surface area contributed by atoms with Crippen molar-refractivity contribution < 1.29 is 9.59 Å². The molecule has 0 saturated carbocycles. The molecule has 0 unspecified atom stereocenters. The summed E-state index contributed by atoms with van der Waals surface area (Å²) in [6.45, 7) is 5.87. The van der Waals surface area contributed by atoms with Crippen molar-refractivity contribution in [2.45, 2.75) is 6.42 Å². The molecule has 1 saturated heterocycles. The van der Waals surface area contributed by atoms with Crippen LogP contribution in [0.25, 0.3) is 0 Å². The highest BCUT2D eigenvalue weighted by molar-refractivity contribution is 9.10. The number of amides is 3. The van der Waals surface area contributed by atoms with Crippen molar-refractivity contribution in [3.63, 3.8) is 0 Å². The number of hydrogen-bond donors (Lipinski definition) is 4. The first-order valence-corrected chi connectivity index (χ1v) is 8.93. The molecule has 0 spiro atoms. The average molecular weight is 398 g/mol. The zero-order chi connectivity index (χ0) is 17.2. The van der Waals surface area contributed by atoms with Crippen LogP contribution >= 0.6 is 15.9 Å². The van der Waals surface area contributed by atoms with Crippen molar-refractivity contribution in [3.8, 4) is 0 Å². The number of urea groups is 1. The van der Waals surface area contributed by atoms with E-state index in [1.54, 1.807) is 12.1 Å². The van der Waals surface area contributed by atoms with Crippen molar-refractivity contribution in [2.24, 2.45) is 0 Å². The first-order valence-electron chi connectivity index (χ1n) is 8.14. The quantitative estimate of drug-likeness (QED) is 0.552. The van der Waals surface area contributed by atoms with E-state index >= 15 is 0 Å². The van der Waals surface area contributed by atoms with Crippen LogP contribution in [0.4, 0.5) is 10.5 Å². The molecule has 1 aliphatic heterocycles. The molecule has 2 rings (SSSR count). The van der Waals surface area contributed by atoms with Crippen LogP contribution in [0.3, 0.4) is 0 Å². The minimum Gasteiger partial charge on any atom is -0.355 e. The second-order valence-electron chi connectivity index (χ2n) is 5.58. The summed E-state index contributed by atoms with van der Waals surface area (Å²) in [5.41, 5.74) is 0.705. The van der Waals surface area contributed by atoms with E-state index in [4.69, 9.17) is 0 Å². The van der Waals surface area contributed by atoms with Crippen LogP contribution in [0, 0.1) is 0 Å². The number of carbonyl (C=O) groups is 2. The van der Waals surface area contributed by atoms with Crippen molar-refractivity contribution in [1.82, 2.24) is 20.9 Å². The Morgan fingerprint density at radius 3 is 2.50 bits per heavy atom. The maximum atomic E-state index is 11.7. The summed E-state index contributed by atoms with van der Waals surface area (Å²) in [5.74, 6) is -0.0472. The smallest absolute Gasteiger partial charge is 0.319 e. The molecular formula is C16H24BrN5O2. The van der Waals surface area contributed by atoms with E-state index in [2.05, 4.69) is 42.1 Å². The van der Waals surface area contributed by atoms with Crippen LogP contribution in [-0.4, -0.2) is 62.7 Å². The average Bonchev–Trinajstić information content (AvgIpc) is 2.58. The van der Waals surface area contributed by atoms with Gasteiger partial charge in [-0.2, -0.15) is 0 Å². The van der Waals surface area contributed by atoms with Crippen LogP contribution in [0.2, 0.25) is 0 Å². The molecule has 0 bridgehead atoms. The SMILES string of the molecule is O=C(CCNC(=O)Nc1ccc(Br)cc1)NCCN1CCNCC1. The Morgan fingerprint density at radius 2 is 1.79 bits per heavy atom. The van der Waals surface area contributed by atoms with Crippen molar-refractivity contribution in [2.75, 3.05) is 51.1 Å². The van der Waals surface area contributed by atoms with Crippen molar-refractivity contribution in [1.29, 1.82) is 0 Å². The number of nitrogens with one attached hydrogen (secondary N) is 4. The van der Waals surface area contributed by atoms with Crippen LogP contribution in [0.5, 0.6) is 0 Å². The summed E-state index contributed by atoms with van der Waals surface area (Å²) in [7, 11) is 0. The topological polar surface area (TPSA) is 85.5 Å². The van der Waals surface area contributed by atoms with Gasteiger partial charge in [0.15, 0.2) is 0 Å². The van der Waals surface area contributed by atoms with Gasteiger partial charge in [0.2, 0.25) is 5.91 Å². The van der Waals surface area contributed by atoms with E-state index < -0.39 is 0 Å². The number of anilines is 1. The van der Waals surface area contributed by atoms with Crippen LogP contribution in [0.15, 0.2) is 28.7 Å². The highest BCUT2D eigenvalue weighted by Crippen LogP contribution is 2.13. The molecular weight excluding hydrogens is 374 g/mol. The summed E-state index contributed by atoms with van der Waals surface area (Å²) in [6.07, 6.45) is 0.273. The lowest BCUT2D eigenvalue weighted by Crippen LogP contribution is -2.46. The van der Waals surface area contributed by atoms with Gasteiger partial charge in [-0.3, -0.25) is 9.69 Å². The number of hydrogen-bond acceptors (Lipinski definition) is 4. The van der Waals surface area contributed by atoms with E-state index in [1.807, 2.05) is 12.1 Å². The minimum atomic E-state index is -0.314. The molecule has 3 amide bonds. The standard InChI is InChI=1S/C16H24BrN5O2/c17-13-1-3-14(4-2-13)21-16(24)20-6-5-15(23)19-9-12-22-10-7-18-8-11-22/h1-4,18H,5-12H2,(H,19,23)(H2,20,21,24). The molecule has 24 heavy (non-hydrogen) atoms. The second kappa shape index (κ2) is 10.3. The van der Waals surface area contributed by atoms with E-state index in [9.17, 15) is 9.59 Å². The number of benzene rings is 1. The fourth-order valence-corrected chi connectivity index (χ4v) is 2.64. The number of halogens is 1. The third kappa shape index (κ3) is 7.29. The van der Waals surface area contributed by atoms with Gasteiger partial charge in [0, 0.05) is 62.4 Å². The summed E-state index contributed by atoms with van der Waals surface area (Å²) in [5, 5.41) is 11.6. The van der Waals surface area contributed by atoms with E-state index in [-0.39, 0.29) is 18.4 Å². The highest BCUT2D eigenvalue weighted by atomic mass is 79.9. The molecule has 132 valence electrons. The number of rotatable bonds is 7. The monoisotopic (exact) mass is 397 g/mol. The Labute approximate surface area is 150 Å². The molecule has 0 atom stereocenters. The number of carbonyl (C=O) groups excluding carboxylic acids is 2. The predicted molar refractivity (Wildman–Crippen MR) is 98.1 cm³/mol. The van der Waals surface area contributed by atoms with E-state index in [0.29, 0.717) is 18.8 Å². The minimum absolute atomic E-state index is 0.0472. The van der Waals surface area contributed by atoms with Crippen molar-refractivity contribution in [3.05, 3.63) is 28.7 Å². The lowest BCUT2D eigenvalue weighted by atomic mass is 10.3. The number of nitrogens with zero attached hydrogens (tertiary/aromatic N) is 1. The van der Waals surface area contributed by atoms with Gasteiger partial charge in [-0.1, -0.05) is 15.9 Å². The maximum Gasteiger partial charge on any atom is 0.319 e. The molecule has 1 aromatic carbocycles. The van der Waals surface area contributed by atoms with Gasteiger partial charge >= 0.3 is 6.03 Å². The highest BCUT2D eigenvalue weighted by Gasteiger charge is 2.09. The van der Waals surface area contributed by atoms with Gasteiger partial charge < -0.3 is 21.3 Å². The molecule has 1 aromatic rings. The van der Waals surface area contributed by atoms with Crippen LogP contribution in [-0.2, 0) is 4.79 Å². The van der Waals surface area contributed by atoms with Gasteiger partial charge in [0.25, 0.3) is 0 Å². The molecule has 1 aliphatic rings. The zero-order valence-corrected chi connectivity index (χ0v) is 15.2. The fraction of sp³-hybridized carbons (Fsp3) is 0.500. The first-order chi connectivity index (χ1) is 11.6. The molecule has 8 heteroatoms. The Kier molecular flexibility index (Phi) is 8.00. The van der Waals surface area contributed by atoms with Gasteiger partial charge in [0.1, 0.15) is 0 Å². The number of piperazine rings is 1. The Morgan fingerprint density at radius 1 is 1.08 bits per heavy atom. The van der Waals surface area contributed by atoms with E-state index in [1.165, 1.54) is 0 Å². The summed E-state index contributed by atoms with van der Waals surface area (Å²) in [4.78, 5) is 25.8. The van der Waals surface area contributed by atoms with Gasteiger partial charge in [-0.25, -0.2) is 4.79 Å². The predicted octanol–water partition coefficient (Wildman–Crippen LogP) is 0.982. The molecule has 0 aliphatic carbocycles. The largest absolute Gasteiger partial charge is 0.355 e. The van der Waals surface area contributed by atoms with Gasteiger partial charge in [-0.05, 0) is 24.3 Å². The van der Waals surface area contributed by atoms with Crippen LogP contribution in [0.1, 0.15) is 6.42 Å². The lowest BCUT2D eigenvalue weighted by molar-refractivity contribution is -0.121. The Bertz CT molecular complexity index is 532. The summed E-state index contributed by atoms with van der Waals surface area (Å²) < 4.78 is 0.950. The third-order valence-corrected chi connectivity index (χ3v) is 4.23. The Hall–Kier alpha value is -1.64. The molecule has 0 aromatic heterocycles. The molecule has 4 N–H and O–H groups in total. The summed E-state index contributed by atoms with van der Waals surface area (Å²) in [6, 6.07) is 6.98. The van der Waals surface area contributed by atoms with Gasteiger partial charge in [-0.15, -0.1) is 0 Å². The lowest BCUT2D eigenvalue weighted by Gasteiger charge is -2.27.